The van der Waals surface area contributed by atoms with Crippen molar-refractivity contribution in [3.63, 3.8) is 0 Å². The number of alkyl halides is 3. The lowest BCUT2D eigenvalue weighted by atomic mass is 10.2. The van der Waals surface area contributed by atoms with Gasteiger partial charge in [-0.3, -0.25) is 0 Å². The van der Waals surface area contributed by atoms with Gasteiger partial charge in [-0.25, -0.2) is 15.0 Å². The Kier molecular flexibility index (Phi) is 3.98. The van der Waals surface area contributed by atoms with Gasteiger partial charge in [0.2, 0.25) is 0 Å². The Hall–Kier alpha value is -3.50. The molecule has 0 aliphatic rings. The van der Waals surface area contributed by atoms with E-state index in [1.165, 1.54) is 23.1 Å². The summed E-state index contributed by atoms with van der Waals surface area (Å²) in [5, 5.41) is 6.98. The molecular formula is C16H12F3N7O. The molecule has 1 aromatic carbocycles. The maximum Gasteiger partial charge on any atom is 0.418 e. The molecule has 0 radical (unpaired) electrons. The summed E-state index contributed by atoms with van der Waals surface area (Å²) >= 11 is 0. The minimum Gasteiger partial charge on any atom is -0.424 e. The number of anilines is 1. The number of oxazole rings is 1. The largest absolute Gasteiger partial charge is 0.424 e. The molecule has 3 heterocycles. The van der Waals surface area contributed by atoms with Crippen molar-refractivity contribution in [2.75, 3.05) is 5.32 Å². The molecular weight excluding hydrogens is 363 g/mol. The summed E-state index contributed by atoms with van der Waals surface area (Å²) in [6.07, 6.45) is -0.0709. The molecule has 0 aliphatic carbocycles. The quantitative estimate of drug-likeness (QED) is 0.584. The second kappa shape index (κ2) is 6.34. The van der Waals surface area contributed by atoms with Crippen LogP contribution in [0.1, 0.15) is 24.4 Å². The van der Waals surface area contributed by atoms with Gasteiger partial charge in [-0.2, -0.15) is 27.9 Å². The zero-order valence-corrected chi connectivity index (χ0v) is 13.8. The van der Waals surface area contributed by atoms with E-state index in [4.69, 9.17) is 4.42 Å². The second-order valence-electron chi connectivity index (χ2n) is 5.61. The van der Waals surface area contributed by atoms with Crippen LogP contribution in [0, 0.1) is 0 Å². The van der Waals surface area contributed by atoms with Crippen molar-refractivity contribution in [3.8, 4) is 5.95 Å². The molecule has 0 saturated carbocycles. The summed E-state index contributed by atoms with van der Waals surface area (Å²) in [6, 6.07) is 4.77. The number of hydrogen-bond acceptors (Lipinski definition) is 7. The van der Waals surface area contributed by atoms with E-state index in [0.29, 0.717) is 11.8 Å². The van der Waals surface area contributed by atoms with E-state index in [9.17, 15) is 13.2 Å². The zero-order chi connectivity index (χ0) is 19.0. The summed E-state index contributed by atoms with van der Waals surface area (Å²) in [7, 11) is 0. The lowest BCUT2D eigenvalue weighted by molar-refractivity contribution is -0.136. The molecule has 0 amide bonds. The monoisotopic (exact) mass is 375 g/mol. The first-order chi connectivity index (χ1) is 12.9. The summed E-state index contributed by atoms with van der Waals surface area (Å²) in [6.45, 7) is 1.74. The van der Waals surface area contributed by atoms with Crippen molar-refractivity contribution < 1.29 is 17.6 Å². The lowest BCUT2D eigenvalue weighted by Gasteiger charge is -2.11. The fourth-order valence-electron chi connectivity index (χ4n) is 2.59. The molecule has 0 spiro atoms. The molecule has 27 heavy (non-hydrogen) atoms. The summed E-state index contributed by atoms with van der Waals surface area (Å²) in [4.78, 5) is 16.3. The number of hydrogen-bond donors (Lipinski definition) is 1. The van der Waals surface area contributed by atoms with E-state index in [1.54, 1.807) is 25.4 Å². The molecule has 4 aromatic rings. The Morgan fingerprint density at radius 2 is 1.89 bits per heavy atom. The Morgan fingerprint density at radius 3 is 2.63 bits per heavy atom. The molecule has 0 unspecified atom stereocenters. The van der Waals surface area contributed by atoms with Crippen LogP contribution < -0.4 is 5.32 Å². The molecule has 11 heteroatoms. The molecule has 0 fully saturated rings. The summed E-state index contributed by atoms with van der Waals surface area (Å²) in [5.74, 6) is 0.759. The van der Waals surface area contributed by atoms with Crippen LogP contribution in [0.3, 0.4) is 0 Å². The number of para-hydroxylation sites is 1. The van der Waals surface area contributed by atoms with Gasteiger partial charge >= 0.3 is 6.18 Å². The molecule has 3 aromatic heterocycles. The second-order valence-corrected chi connectivity index (χ2v) is 5.61. The van der Waals surface area contributed by atoms with Crippen molar-refractivity contribution in [2.45, 2.75) is 19.1 Å². The highest BCUT2D eigenvalue weighted by Gasteiger charge is 2.34. The van der Waals surface area contributed by atoms with Gasteiger partial charge in [0.15, 0.2) is 11.4 Å². The maximum absolute atomic E-state index is 13.1. The number of aromatic nitrogens is 6. The Balaban J connectivity index is 1.65. The van der Waals surface area contributed by atoms with Gasteiger partial charge in [0.1, 0.15) is 11.8 Å². The standard InChI is InChI=1S/C16H12F3N7O/c1-9(13-22-8-23-26(13)14-20-6-3-7-21-14)24-15-25-12-10(16(17,18)19)4-2-5-11(12)27-15/h2-9H,1H3,(H,24,25)/t9-/m0/s1. The van der Waals surface area contributed by atoms with E-state index in [1.807, 2.05) is 0 Å². The van der Waals surface area contributed by atoms with Gasteiger partial charge in [0.05, 0.1) is 11.6 Å². The normalized spacial score (nSPS) is 13.0. The van der Waals surface area contributed by atoms with Crippen molar-refractivity contribution in [1.82, 2.24) is 29.7 Å². The highest BCUT2D eigenvalue weighted by Crippen LogP contribution is 2.35. The topological polar surface area (TPSA) is 94.6 Å². The number of nitrogens with zero attached hydrogens (tertiary/aromatic N) is 6. The van der Waals surface area contributed by atoms with Crippen LogP contribution in [0.5, 0.6) is 0 Å². The average Bonchev–Trinajstić information content (AvgIpc) is 3.27. The van der Waals surface area contributed by atoms with Gasteiger partial charge in [-0.15, -0.1) is 0 Å². The molecule has 0 aliphatic heterocycles. The number of fused-ring (bicyclic) bond motifs is 1. The van der Waals surface area contributed by atoms with E-state index in [-0.39, 0.29) is 17.1 Å². The van der Waals surface area contributed by atoms with Gasteiger partial charge in [-0.05, 0) is 25.1 Å². The summed E-state index contributed by atoms with van der Waals surface area (Å²) in [5.41, 5.74) is -1.08. The zero-order valence-electron chi connectivity index (χ0n) is 13.8. The van der Waals surface area contributed by atoms with Crippen LogP contribution in [0.2, 0.25) is 0 Å². The maximum atomic E-state index is 13.1. The predicted molar refractivity (Wildman–Crippen MR) is 88.0 cm³/mol. The molecule has 0 saturated heterocycles. The third kappa shape index (κ3) is 3.18. The first-order valence-corrected chi connectivity index (χ1v) is 7.84. The van der Waals surface area contributed by atoms with Crippen LogP contribution in [-0.4, -0.2) is 29.7 Å². The first-order valence-electron chi connectivity index (χ1n) is 7.84. The Bertz CT molecular complexity index is 1070. The SMILES string of the molecule is C[C@H](Nc1nc2c(C(F)(F)F)cccc2o1)c1ncnn1-c1ncccn1. The molecule has 4 rings (SSSR count). The predicted octanol–water partition coefficient (Wildman–Crippen LogP) is 3.39. The molecule has 1 N–H and O–H groups in total. The smallest absolute Gasteiger partial charge is 0.418 e. The van der Waals surface area contributed by atoms with Gasteiger partial charge in [0, 0.05) is 12.4 Å². The number of rotatable bonds is 4. The van der Waals surface area contributed by atoms with Crippen LogP contribution >= 0.6 is 0 Å². The van der Waals surface area contributed by atoms with Crippen LogP contribution in [0.4, 0.5) is 19.2 Å². The first kappa shape index (κ1) is 16.9. The molecule has 8 nitrogen and oxygen atoms in total. The third-order valence-corrected chi connectivity index (χ3v) is 3.77. The Morgan fingerprint density at radius 1 is 1.11 bits per heavy atom. The van der Waals surface area contributed by atoms with Gasteiger partial charge < -0.3 is 9.73 Å². The van der Waals surface area contributed by atoms with Crippen LogP contribution in [0.25, 0.3) is 17.0 Å². The van der Waals surface area contributed by atoms with Crippen LogP contribution in [-0.2, 0) is 6.18 Å². The van der Waals surface area contributed by atoms with Crippen molar-refractivity contribution >= 4 is 17.1 Å². The summed E-state index contributed by atoms with van der Waals surface area (Å²) < 4.78 is 46.2. The third-order valence-electron chi connectivity index (χ3n) is 3.77. The average molecular weight is 375 g/mol. The van der Waals surface area contributed by atoms with Gasteiger partial charge in [0.25, 0.3) is 12.0 Å². The molecule has 1 atom stereocenters. The van der Waals surface area contributed by atoms with Gasteiger partial charge in [-0.1, -0.05) is 6.07 Å². The fraction of sp³-hybridized carbons (Fsp3) is 0.188. The highest BCUT2D eigenvalue weighted by molar-refractivity contribution is 5.78. The Labute approximate surface area is 150 Å². The number of nitrogens with one attached hydrogen (secondary N) is 1. The lowest BCUT2D eigenvalue weighted by Crippen LogP contribution is -2.15. The van der Waals surface area contributed by atoms with E-state index < -0.39 is 17.8 Å². The van der Waals surface area contributed by atoms with Crippen LogP contribution in [0.15, 0.2) is 47.4 Å². The number of benzene rings is 1. The van der Waals surface area contributed by atoms with Crippen molar-refractivity contribution in [3.05, 3.63) is 54.4 Å². The van der Waals surface area contributed by atoms with E-state index in [0.717, 1.165) is 6.07 Å². The van der Waals surface area contributed by atoms with E-state index >= 15 is 0 Å². The molecule has 0 bridgehead atoms. The van der Waals surface area contributed by atoms with Crippen molar-refractivity contribution in [2.24, 2.45) is 0 Å². The fourth-order valence-corrected chi connectivity index (χ4v) is 2.59. The number of halogens is 3. The van der Waals surface area contributed by atoms with Crippen molar-refractivity contribution in [1.29, 1.82) is 0 Å². The minimum atomic E-state index is -4.52. The minimum absolute atomic E-state index is 0.0346. The van der Waals surface area contributed by atoms with E-state index in [2.05, 4.69) is 30.4 Å². The molecule has 138 valence electrons. The highest BCUT2D eigenvalue weighted by atomic mass is 19.4.